The molecule has 118 valence electrons. The predicted octanol–water partition coefficient (Wildman–Crippen LogP) is 4.32. The van der Waals surface area contributed by atoms with Gasteiger partial charge in [-0.3, -0.25) is 0 Å². The molecule has 2 rings (SSSR count). The van der Waals surface area contributed by atoms with Crippen LogP contribution in [0.2, 0.25) is 0 Å². The van der Waals surface area contributed by atoms with E-state index in [1.807, 2.05) is 12.1 Å². The highest BCUT2D eigenvalue weighted by molar-refractivity contribution is 5.25. The SMILES string of the molecule is CC(CCc1ccccc1)NC(C)CCc1ccc(O)cc1. The van der Waals surface area contributed by atoms with E-state index in [4.69, 9.17) is 0 Å². The molecule has 0 aliphatic carbocycles. The summed E-state index contributed by atoms with van der Waals surface area (Å²) in [6, 6.07) is 19.2. The molecule has 22 heavy (non-hydrogen) atoms. The van der Waals surface area contributed by atoms with Crippen molar-refractivity contribution in [1.82, 2.24) is 5.32 Å². The molecule has 2 nitrogen and oxygen atoms in total. The Balaban J connectivity index is 1.67. The second kappa shape index (κ2) is 8.60. The Kier molecular flexibility index (Phi) is 6.47. The van der Waals surface area contributed by atoms with Crippen molar-refractivity contribution in [2.75, 3.05) is 0 Å². The Morgan fingerprint density at radius 3 is 1.82 bits per heavy atom. The van der Waals surface area contributed by atoms with Gasteiger partial charge in [-0.2, -0.15) is 0 Å². The lowest BCUT2D eigenvalue weighted by Gasteiger charge is -2.20. The van der Waals surface area contributed by atoms with Crippen LogP contribution in [0.4, 0.5) is 0 Å². The molecule has 2 aromatic carbocycles. The van der Waals surface area contributed by atoms with Crippen molar-refractivity contribution in [3.05, 3.63) is 65.7 Å². The highest BCUT2D eigenvalue weighted by atomic mass is 16.3. The number of phenols is 1. The van der Waals surface area contributed by atoms with Gasteiger partial charge in [0.15, 0.2) is 0 Å². The molecule has 2 unspecified atom stereocenters. The van der Waals surface area contributed by atoms with Gasteiger partial charge in [0.05, 0.1) is 0 Å². The molecule has 0 aliphatic rings. The second-order valence-corrected chi connectivity index (χ2v) is 6.20. The van der Waals surface area contributed by atoms with Gasteiger partial charge in [-0.1, -0.05) is 42.5 Å². The molecule has 0 heterocycles. The average Bonchev–Trinajstić information content (AvgIpc) is 2.53. The van der Waals surface area contributed by atoms with Gasteiger partial charge in [-0.05, 0) is 62.8 Å². The van der Waals surface area contributed by atoms with Gasteiger partial charge >= 0.3 is 0 Å². The van der Waals surface area contributed by atoms with Gasteiger partial charge in [0.25, 0.3) is 0 Å². The van der Waals surface area contributed by atoms with E-state index in [1.54, 1.807) is 12.1 Å². The van der Waals surface area contributed by atoms with E-state index in [1.165, 1.54) is 11.1 Å². The van der Waals surface area contributed by atoms with E-state index in [0.29, 0.717) is 17.8 Å². The molecule has 0 fully saturated rings. The summed E-state index contributed by atoms with van der Waals surface area (Å²) in [5.74, 6) is 0.337. The fourth-order valence-corrected chi connectivity index (χ4v) is 2.73. The van der Waals surface area contributed by atoms with Crippen molar-refractivity contribution < 1.29 is 5.11 Å². The van der Waals surface area contributed by atoms with Gasteiger partial charge in [-0.25, -0.2) is 0 Å². The zero-order valence-electron chi connectivity index (χ0n) is 13.6. The second-order valence-electron chi connectivity index (χ2n) is 6.20. The number of aryl methyl sites for hydroxylation is 2. The summed E-state index contributed by atoms with van der Waals surface area (Å²) < 4.78 is 0. The quantitative estimate of drug-likeness (QED) is 0.760. The number of nitrogens with one attached hydrogen (secondary N) is 1. The first-order valence-corrected chi connectivity index (χ1v) is 8.21. The lowest BCUT2D eigenvalue weighted by Crippen LogP contribution is -2.35. The summed E-state index contributed by atoms with van der Waals surface area (Å²) >= 11 is 0. The van der Waals surface area contributed by atoms with Crippen LogP contribution in [-0.2, 0) is 12.8 Å². The first-order chi connectivity index (χ1) is 10.6. The summed E-state index contributed by atoms with van der Waals surface area (Å²) in [4.78, 5) is 0. The standard InChI is InChI=1S/C20H27NO/c1-16(8-10-18-6-4-3-5-7-18)21-17(2)9-11-19-12-14-20(22)15-13-19/h3-7,12-17,21-22H,8-11H2,1-2H3. The van der Waals surface area contributed by atoms with Crippen LogP contribution in [0, 0.1) is 0 Å². The maximum absolute atomic E-state index is 9.29. The molecule has 0 aromatic heterocycles. The first-order valence-electron chi connectivity index (χ1n) is 8.21. The number of hydrogen-bond acceptors (Lipinski definition) is 2. The lowest BCUT2D eigenvalue weighted by atomic mass is 10.0. The Morgan fingerprint density at radius 1 is 0.773 bits per heavy atom. The van der Waals surface area contributed by atoms with Gasteiger partial charge in [0.1, 0.15) is 5.75 Å². The van der Waals surface area contributed by atoms with Crippen molar-refractivity contribution in [1.29, 1.82) is 0 Å². The number of benzene rings is 2. The molecule has 0 aliphatic heterocycles. The highest BCUT2D eigenvalue weighted by Gasteiger charge is 2.08. The van der Waals surface area contributed by atoms with E-state index < -0.39 is 0 Å². The molecule has 0 saturated carbocycles. The Labute approximate surface area is 134 Å². The number of hydrogen-bond donors (Lipinski definition) is 2. The Bertz CT molecular complexity index is 535. The van der Waals surface area contributed by atoms with Crippen LogP contribution in [0.3, 0.4) is 0 Å². The molecule has 0 bridgehead atoms. The Hall–Kier alpha value is -1.80. The summed E-state index contributed by atoms with van der Waals surface area (Å²) in [7, 11) is 0. The molecule has 0 saturated heterocycles. The third-order valence-corrected chi connectivity index (χ3v) is 4.08. The fraction of sp³-hybridized carbons (Fsp3) is 0.400. The van der Waals surface area contributed by atoms with Crippen LogP contribution in [0.25, 0.3) is 0 Å². The van der Waals surface area contributed by atoms with Crippen molar-refractivity contribution in [3.8, 4) is 5.75 Å². The van der Waals surface area contributed by atoms with Crippen LogP contribution in [0.15, 0.2) is 54.6 Å². The topological polar surface area (TPSA) is 32.3 Å². The summed E-state index contributed by atoms with van der Waals surface area (Å²) in [5, 5.41) is 13.0. The third kappa shape index (κ3) is 5.90. The monoisotopic (exact) mass is 297 g/mol. The van der Waals surface area contributed by atoms with Crippen LogP contribution < -0.4 is 5.32 Å². The van der Waals surface area contributed by atoms with E-state index >= 15 is 0 Å². The number of phenolic OH excluding ortho intramolecular Hbond substituents is 1. The number of aromatic hydroxyl groups is 1. The average molecular weight is 297 g/mol. The minimum atomic E-state index is 0.337. The molecule has 2 heteroatoms. The molecular weight excluding hydrogens is 270 g/mol. The smallest absolute Gasteiger partial charge is 0.115 e. The third-order valence-electron chi connectivity index (χ3n) is 4.08. The zero-order valence-corrected chi connectivity index (χ0v) is 13.6. The van der Waals surface area contributed by atoms with Crippen molar-refractivity contribution in [3.63, 3.8) is 0 Å². The van der Waals surface area contributed by atoms with Crippen molar-refractivity contribution >= 4 is 0 Å². The lowest BCUT2D eigenvalue weighted by molar-refractivity contribution is 0.428. The molecule has 2 N–H and O–H groups in total. The van der Waals surface area contributed by atoms with Gasteiger partial charge in [-0.15, -0.1) is 0 Å². The maximum atomic E-state index is 9.29. The first kappa shape index (κ1) is 16.6. The van der Waals surface area contributed by atoms with E-state index in [2.05, 4.69) is 49.5 Å². The minimum absolute atomic E-state index is 0.337. The summed E-state index contributed by atoms with van der Waals surface area (Å²) in [5.41, 5.74) is 2.69. The van der Waals surface area contributed by atoms with Gasteiger partial charge in [0.2, 0.25) is 0 Å². The molecule has 2 atom stereocenters. The minimum Gasteiger partial charge on any atom is -0.508 e. The van der Waals surface area contributed by atoms with Crippen LogP contribution in [-0.4, -0.2) is 17.2 Å². The summed E-state index contributed by atoms with van der Waals surface area (Å²) in [6.07, 6.45) is 4.44. The van der Waals surface area contributed by atoms with Crippen LogP contribution in [0.5, 0.6) is 5.75 Å². The highest BCUT2D eigenvalue weighted by Crippen LogP contribution is 2.12. The molecule has 0 amide bonds. The normalized spacial score (nSPS) is 13.7. The molecular formula is C20H27NO. The van der Waals surface area contributed by atoms with E-state index in [9.17, 15) is 5.11 Å². The van der Waals surface area contributed by atoms with Crippen molar-refractivity contribution in [2.24, 2.45) is 0 Å². The van der Waals surface area contributed by atoms with Gasteiger partial charge in [0, 0.05) is 12.1 Å². The largest absolute Gasteiger partial charge is 0.508 e. The van der Waals surface area contributed by atoms with E-state index in [0.717, 1.165) is 25.7 Å². The number of rotatable bonds is 8. The van der Waals surface area contributed by atoms with Crippen LogP contribution >= 0.6 is 0 Å². The predicted molar refractivity (Wildman–Crippen MR) is 93.3 cm³/mol. The van der Waals surface area contributed by atoms with Gasteiger partial charge < -0.3 is 10.4 Å². The fourth-order valence-electron chi connectivity index (χ4n) is 2.73. The zero-order chi connectivity index (χ0) is 15.8. The summed E-state index contributed by atoms with van der Waals surface area (Å²) in [6.45, 7) is 4.51. The van der Waals surface area contributed by atoms with E-state index in [-0.39, 0.29) is 0 Å². The maximum Gasteiger partial charge on any atom is 0.115 e. The molecule has 2 aromatic rings. The Morgan fingerprint density at radius 2 is 1.27 bits per heavy atom. The molecule has 0 spiro atoms. The van der Waals surface area contributed by atoms with Crippen LogP contribution in [0.1, 0.15) is 37.8 Å². The molecule has 0 radical (unpaired) electrons. The van der Waals surface area contributed by atoms with Crippen molar-refractivity contribution in [2.45, 2.75) is 51.6 Å².